The van der Waals surface area contributed by atoms with Gasteiger partial charge in [0, 0.05) is 0 Å². The molecule has 0 spiro atoms. The zero-order chi connectivity index (χ0) is 5.98. The third-order valence-electron chi connectivity index (χ3n) is 0.634. The Hall–Kier alpha value is 0.590. The molecule has 1 aliphatic heterocycles. The van der Waals surface area contributed by atoms with E-state index in [-0.39, 0.29) is 0 Å². The smallest absolute Gasteiger partial charge is 0.102 e. The number of hydrogen-bond donors (Lipinski definition) is 0. The van der Waals surface area contributed by atoms with Gasteiger partial charge in [-0.05, 0) is 39.4 Å². The van der Waals surface area contributed by atoms with Crippen LogP contribution in [0.15, 0.2) is 22.2 Å². The Balaban J connectivity index is 2.66. The zero-order valence-corrected chi connectivity index (χ0v) is 7.83. The minimum absolute atomic E-state index is 1.03. The second-order valence-corrected chi connectivity index (χ2v) is 4.01. The number of nitrogens with zero attached hydrogens (tertiary/aromatic N) is 1. The maximum Gasteiger partial charge on any atom is 0.102 e. The van der Waals surface area contributed by atoms with E-state index in [2.05, 4.69) is 32.1 Å². The van der Waals surface area contributed by atoms with Crippen LogP contribution in [-0.2, 0) is 0 Å². The predicted octanol–water partition coefficient (Wildman–Crippen LogP) is 3.01. The summed E-state index contributed by atoms with van der Waals surface area (Å²) in [5, 5.41) is 1.99. The average molecular weight is 257 g/mol. The SMILES string of the molecule is BrC1=CC=CSN1Br. The summed E-state index contributed by atoms with van der Waals surface area (Å²) >= 11 is 8.19. The highest BCUT2D eigenvalue weighted by molar-refractivity contribution is 9.13. The van der Waals surface area contributed by atoms with Crippen LogP contribution < -0.4 is 0 Å². The van der Waals surface area contributed by atoms with Gasteiger partial charge in [0.1, 0.15) is 4.61 Å². The summed E-state index contributed by atoms with van der Waals surface area (Å²) in [7, 11) is 0. The Kier molecular flexibility index (Phi) is 2.46. The highest BCUT2D eigenvalue weighted by Crippen LogP contribution is 2.30. The molecule has 44 valence electrons. The summed E-state index contributed by atoms with van der Waals surface area (Å²) < 4.78 is 2.89. The second kappa shape index (κ2) is 2.94. The van der Waals surface area contributed by atoms with Crippen molar-refractivity contribution in [2.45, 2.75) is 0 Å². The minimum atomic E-state index is 1.03. The Morgan fingerprint density at radius 1 is 1.62 bits per heavy atom. The average Bonchev–Trinajstić information content (AvgIpc) is 1.77. The summed E-state index contributed by atoms with van der Waals surface area (Å²) in [6.45, 7) is 0. The Morgan fingerprint density at radius 2 is 2.38 bits per heavy atom. The molecule has 0 unspecified atom stereocenters. The zero-order valence-electron chi connectivity index (χ0n) is 3.84. The highest BCUT2D eigenvalue weighted by atomic mass is 79.9. The van der Waals surface area contributed by atoms with Crippen molar-refractivity contribution in [3.63, 3.8) is 0 Å². The minimum Gasteiger partial charge on any atom is -0.240 e. The molecule has 1 heterocycles. The third kappa shape index (κ3) is 1.53. The molecule has 0 amide bonds. The number of hydrogen-bond acceptors (Lipinski definition) is 2. The first-order chi connectivity index (χ1) is 3.80. The quantitative estimate of drug-likeness (QED) is 0.373. The lowest BCUT2D eigenvalue weighted by Gasteiger charge is -2.12. The van der Waals surface area contributed by atoms with Crippen molar-refractivity contribution >= 4 is 44.0 Å². The third-order valence-corrected chi connectivity index (χ3v) is 3.51. The van der Waals surface area contributed by atoms with Crippen molar-refractivity contribution in [2.24, 2.45) is 0 Å². The fourth-order valence-corrected chi connectivity index (χ4v) is 1.54. The summed E-state index contributed by atoms with van der Waals surface area (Å²) in [5.74, 6) is 0. The predicted molar refractivity (Wildman–Crippen MR) is 44.5 cm³/mol. The van der Waals surface area contributed by atoms with Crippen LogP contribution in [0.3, 0.4) is 0 Å². The molecule has 1 rings (SSSR count). The van der Waals surface area contributed by atoms with Gasteiger partial charge < -0.3 is 0 Å². The van der Waals surface area contributed by atoms with E-state index in [4.69, 9.17) is 0 Å². The number of rotatable bonds is 0. The van der Waals surface area contributed by atoms with E-state index in [9.17, 15) is 0 Å². The van der Waals surface area contributed by atoms with Crippen LogP contribution in [0.5, 0.6) is 0 Å². The monoisotopic (exact) mass is 255 g/mol. The Labute approximate surface area is 69.4 Å². The van der Waals surface area contributed by atoms with Crippen molar-refractivity contribution in [1.29, 1.82) is 0 Å². The van der Waals surface area contributed by atoms with Gasteiger partial charge in [0.25, 0.3) is 0 Å². The standard InChI is InChI=1S/C4H3Br2NS/c5-4-2-1-3-8-7(4)6/h1-3H. The number of halogens is 2. The molecule has 0 saturated heterocycles. The first-order valence-corrected chi connectivity index (χ1v) is 4.29. The Morgan fingerprint density at radius 3 is 2.75 bits per heavy atom. The topological polar surface area (TPSA) is 3.24 Å². The summed E-state index contributed by atoms with van der Waals surface area (Å²) in [6.07, 6.45) is 3.94. The van der Waals surface area contributed by atoms with Crippen LogP contribution in [0.25, 0.3) is 0 Å². The van der Waals surface area contributed by atoms with E-state index in [0.29, 0.717) is 0 Å². The fourth-order valence-electron chi connectivity index (χ4n) is 0.316. The molecule has 0 aliphatic carbocycles. The molecule has 1 nitrogen and oxygen atoms in total. The normalized spacial score (nSPS) is 18.8. The van der Waals surface area contributed by atoms with E-state index in [1.54, 1.807) is 11.9 Å². The Bertz CT molecular complexity index is 143. The lowest BCUT2D eigenvalue weighted by Crippen LogP contribution is -1.94. The van der Waals surface area contributed by atoms with Gasteiger partial charge in [0.15, 0.2) is 0 Å². The van der Waals surface area contributed by atoms with Crippen molar-refractivity contribution in [3.8, 4) is 0 Å². The molecular weight excluding hydrogens is 254 g/mol. The molecule has 0 bridgehead atoms. The van der Waals surface area contributed by atoms with Gasteiger partial charge in [-0.25, -0.2) is 3.33 Å². The van der Waals surface area contributed by atoms with Gasteiger partial charge in [0.05, 0.1) is 16.1 Å². The molecule has 0 aromatic heterocycles. The van der Waals surface area contributed by atoms with Gasteiger partial charge in [-0.2, -0.15) is 0 Å². The van der Waals surface area contributed by atoms with Gasteiger partial charge in [0.2, 0.25) is 0 Å². The van der Waals surface area contributed by atoms with Crippen molar-refractivity contribution in [1.82, 2.24) is 3.33 Å². The molecule has 0 radical (unpaired) electrons. The summed E-state index contributed by atoms with van der Waals surface area (Å²) in [6, 6.07) is 0. The van der Waals surface area contributed by atoms with Gasteiger partial charge in [-0.1, -0.05) is 6.08 Å². The maximum atomic E-state index is 3.32. The second-order valence-electron chi connectivity index (χ2n) is 1.17. The summed E-state index contributed by atoms with van der Waals surface area (Å²) in [4.78, 5) is 0. The fraction of sp³-hybridized carbons (Fsp3) is 0. The first kappa shape index (κ1) is 6.71. The van der Waals surface area contributed by atoms with E-state index in [1.807, 2.05) is 20.9 Å². The van der Waals surface area contributed by atoms with E-state index >= 15 is 0 Å². The van der Waals surface area contributed by atoms with Crippen molar-refractivity contribution in [3.05, 3.63) is 22.2 Å². The van der Waals surface area contributed by atoms with Crippen LogP contribution in [-0.4, -0.2) is 3.33 Å². The van der Waals surface area contributed by atoms with Crippen LogP contribution in [0.4, 0.5) is 0 Å². The molecule has 8 heavy (non-hydrogen) atoms. The van der Waals surface area contributed by atoms with E-state index in [1.165, 1.54) is 0 Å². The van der Waals surface area contributed by atoms with Crippen molar-refractivity contribution in [2.75, 3.05) is 0 Å². The van der Waals surface area contributed by atoms with E-state index in [0.717, 1.165) is 4.61 Å². The molecule has 4 heteroatoms. The molecule has 0 aromatic carbocycles. The molecular formula is C4H3Br2NS. The molecule has 0 saturated carbocycles. The molecule has 1 aliphatic rings. The maximum absolute atomic E-state index is 3.32. The van der Waals surface area contributed by atoms with E-state index < -0.39 is 0 Å². The van der Waals surface area contributed by atoms with Crippen LogP contribution in [0.2, 0.25) is 0 Å². The molecule has 0 N–H and O–H groups in total. The van der Waals surface area contributed by atoms with Gasteiger partial charge >= 0.3 is 0 Å². The van der Waals surface area contributed by atoms with Gasteiger partial charge in [-0.15, -0.1) is 0 Å². The van der Waals surface area contributed by atoms with Crippen LogP contribution >= 0.6 is 44.0 Å². The molecule has 0 aromatic rings. The number of allylic oxidation sites excluding steroid dienone is 2. The van der Waals surface area contributed by atoms with Crippen molar-refractivity contribution < 1.29 is 0 Å². The first-order valence-electron chi connectivity index (χ1n) is 1.96. The van der Waals surface area contributed by atoms with Gasteiger partial charge in [-0.3, -0.25) is 0 Å². The largest absolute Gasteiger partial charge is 0.240 e. The lowest BCUT2D eigenvalue weighted by atomic mass is 10.6. The van der Waals surface area contributed by atoms with Crippen LogP contribution in [0.1, 0.15) is 0 Å². The van der Waals surface area contributed by atoms with Crippen LogP contribution in [0, 0.1) is 0 Å². The molecule has 0 atom stereocenters. The molecule has 0 fully saturated rings. The highest BCUT2D eigenvalue weighted by Gasteiger charge is 2.02. The lowest BCUT2D eigenvalue weighted by molar-refractivity contribution is 1.06. The summed E-state index contributed by atoms with van der Waals surface area (Å²) in [5.41, 5.74) is 0.